The van der Waals surface area contributed by atoms with Crippen LogP contribution in [0.2, 0.25) is 5.02 Å². The Bertz CT molecular complexity index is 658. The van der Waals surface area contributed by atoms with Gasteiger partial charge in [-0.2, -0.15) is 0 Å². The van der Waals surface area contributed by atoms with Crippen molar-refractivity contribution in [1.82, 2.24) is 15.6 Å². The number of thiazole rings is 1. The van der Waals surface area contributed by atoms with Crippen LogP contribution in [0.3, 0.4) is 0 Å². The standard InChI is InChI=1S/C15H16ClN3OS/c1-9-17-7-12(21-9)8-18-15(20)19-14-6-13(14)10-3-2-4-11(16)5-10/h2-5,7,13-14H,6,8H2,1H3,(H2,18,19,20)/t13-,14+/m0/s1. The number of rotatable bonds is 4. The molecule has 2 N–H and O–H groups in total. The summed E-state index contributed by atoms with van der Waals surface area (Å²) in [6.07, 6.45) is 2.76. The van der Waals surface area contributed by atoms with E-state index in [-0.39, 0.29) is 12.1 Å². The van der Waals surface area contributed by atoms with Gasteiger partial charge in [-0.25, -0.2) is 9.78 Å². The van der Waals surface area contributed by atoms with Crippen molar-refractivity contribution in [3.63, 3.8) is 0 Å². The molecule has 0 unspecified atom stereocenters. The molecule has 1 aliphatic carbocycles. The van der Waals surface area contributed by atoms with Crippen LogP contribution in [0.15, 0.2) is 30.5 Å². The monoisotopic (exact) mass is 321 g/mol. The first-order valence-corrected chi connectivity index (χ1v) is 8.02. The molecule has 0 bridgehead atoms. The summed E-state index contributed by atoms with van der Waals surface area (Å²) < 4.78 is 0. The van der Waals surface area contributed by atoms with Crippen LogP contribution < -0.4 is 10.6 Å². The van der Waals surface area contributed by atoms with Crippen LogP contribution in [-0.2, 0) is 6.54 Å². The quantitative estimate of drug-likeness (QED) is 0.906. The maximum atomic E-state index is 11.9. The summed E-state index contributed by atoms with van der Waals surface area (Å²) in [5.74, 6) is 0.375. The second-order valence-corrected chi connectivity index (χ2v) is 6.93. The predicted molar refractivity (Wildman–Crippen MR) is 84.8 cm³/mol. The lowest BCUT2D eigenvalue weighted by molar-refractivity contribution is 0.240. The van der Waals surface area contributed by atoms with E-state index in [4.69, 9.17) is 11.6 Å². The normalized spacial score (nSPS) is 20.1. The highest BCUT2D eigenvalue weighted by atomic mass is 35.5. The van der Waals surface area contributed by atoms with Gasteiger partial charge in [0.2, 0.25) is 0 Å². The lowest BCUT2D eigenvalue weighted by Gasteiger charge is -2.06. The van der Waals surface area contributed by atoms with Gasteiger partial charge in [0.15, 0.2) is 0 Å². The Morgan fingerprint density at radius 3 is 3.10 bits per heavy atom. The minimum Gasteiger partial charge on any atom is -0.335 e. The smallest absolute Gasteiger partial charge is 0.315 e. The second-order valence-electron chi connectivity index (χ2n) is 5.18. The highest BCUT2D eigenvalue weighted by molar-refractivity contribution is 7.11. The van der Waals surface area contributed by atoms with Crippen molar-refractivity contribution in [3.8, 4) is 0 Å². The zero-order valence-corrected chi connectivity index (χ0v) is 13.2. The average Bonchev–Trinajstić information content (AvgIpc) is 3.09. The number of hydrogen-bond donors (Lipinski definition) is 2. The van der Waals surface area contributed by atoms with Crippen LogP contribution >= 0.6 is 22.9 Å². The molecule has 0 aliphatic heterocycles. The van der Waals surface area contributed by atoms with Gasteiger partial charge < -0.3 is 10.6 Å². The van der Waals surface area contributed by atoms with Crippen molar-refractivity contribution in [2.45, 2.75) is 31.8 Å². The fourth-order valence-electron chi connectivity index (χ4n) is 2.33. The third-order valence-electron chi connectivity index (χ3n) is 3.48. The average molecular weight is 322 g/mol. The number of nitrogens with zero attached hydrogens (tertiary/aromatic N) is 1. The van der Waals surface area contributed by atoms with E-state index in [1.807, 2.05) is 25.1 Å². The van der Waals surface area contributed by atoms with Gasteiger partial charge in [-0.05, 0) is 31.0 Å². The van der Waals surface area contributed by atoms with Crippen molar-refractivity contribution in [2.75, 3.05) is 0 Å². The molecule has 3 rings (SSSR count). The third kappa shape index (κ3) is 3.74. The molecule has 1 fully saturated rings. The van der Waals surface area contributed by atoms with Gasteiger partial charge >= 0.3 is 6.03 Å². The van der Waals surface area contributed by atoms with Gasteiger partial charge in [0.1, 0.15) is 0 Å². The zero-order valence-electron chi connectivity index (χ0n) is 11.6. The molecule has 0 radical (unpaired) electrons. The van der Waals surface area contributed by atoms with E-state index in [1.54, 1.807) is 17.5 Å². The first-order chi connectivity index (χ1) is 10.1. The number of hydrogen-bond acceptors (Lipinski definition) is 3. The summed E-state index contributed by atoms with van der Waals surface area (Å²) in [5, 5.41) is 7.60. The van der Waals surface area contributed by atoms with Crippen LogP contribution in [-0.4, -0.2) is 17.1 Å². The summed E-state index contributed by atoms with van der Waals surface area (Å²) >= 11 is 7.58. The van der Waals surface area contributed by atoms with Gasteiger partial charge in [0.05, 0.1) is 11.6 Å². The number of carbonyl (C=O) groups is 1. The Morgan fingerprint density at radius 2 is 2.38 bits per heavy atom. The van der Waals surface area contributed by atoms with Gasteiger partial charge in [0.25, 0.3) is 0 Å². The molecular formula is C15H16ClN3OS. The maximum Gasteiger partial charge on any atom is 0.315 e. The number of aromatic nitrogens is 1. The molecular weight excluding hydrogens is 306 g/mol. The van der Waals surface area contributed by atoms with E-state index >= 15 is 0 Å². The Kier molecular flexibility index (Phi) is 4.12. The van der Waals surface area contributed by atoms with Crippen LogP contribution in [0, 0.1) is 6.92 Å². The minimum absolute atomic E-state index is 0.129. The molecule has 1 heterocycles. The SMILES string of the molecule is Cc1ncc(CNC(=O)N[C@@H]2C[C@H]2c2cccc(Cl)c2)s1. The predicted octanol–water partition coefficient (Wildman–Crippen LogP) is 3.46. The van der Waals surface area contributed by atoms with Crippen molar-refractivity contribution >= 4 is 29.0 Å². The largest absolute Gasteiger partial charge is 0.335 e. The van der Waals surface area contributed by atoms with E-state index in [0.29, 0.717) is 12.5 Å². The van der Waals surface area contributed by atoms with E-state index < -0.39 is 0 Å². The van der Waals surface area contributed by atoms with Crippen LogP contribution in [0.1, 0.15) is 27.8 Å². The molecule has 1 aliphatic rings. The van der Waals surface area contributed by atoms with Gasteiger partial charge in [-0.1, -0.05) is 23.7 Å². The molecule has 4 nitrogen and oxygen atoms in total. The van der Waals surface area contributed by atoms with Gasteiger partial charge in [-0.15, -0.1) is 11.3 Å². The van der Waals surface area contributed by atoms with Gasteiger partial charge in [0, 0.05) is 28.1 Å². The van der Waals surface area contributed by atoms with E-state index in [0.717, 1.165) is 21.3 Å². The van der Waals surface area contributed by atoms with E-state index in [1.165, 1.54) is 5.56 Å². The molecule has 2 aromatic rings. The number of urea groups is 1. The number of amides is 2. The topological polar surface area (TPSA) is 54.0 Å². The Labute approximate surface area is 132 Å². The van der Waals surface area contributed by atoms with E-state index in [9.17, 15) is 4.79 Å². The number of benzene rings is 1. The van der Waals surface area contributed by atoms with Crippen molar-refractivity contribution < 1.29 is 4.79 Å². The Balaban J connectivity index is 1.46. The Morgan fingerprint density at radius 1 is 1.52 bits per heavy atom. The highest BCUT2D eigenvalue weighted by Crippen LogP contribution is 2.41. The summed E-state index contributed by atoms with van der Waals surface area (Å²) in [7, 11) is 0. The number of carbonyl (C=O) groups excluding carboxylic acids is 1. The van der Waals surface area contributed by atoms with Crippen molar-refractivity contribution in [2.24, 2.45) is 0 Å². The maximum absolute atomic E-state index is 11.9. The lowest BCUT2D eigenvalue weighted by Crippen LogP contribution is -2.36. The van der Waals surface area contributed by atoms with Crippen molar-refractivity contribution in [1.29, 1.82) is 0 Å². The first-order valence-electron chi connectivity index (χ1n) is 6.83. The summed E-state index contributed by atoms with van der Waals surface area (Å²) in [4.78, 5) is 17.1. The van der Waals surface area contributed by atoms with Gasteiger partial charge in [-0.3, -0.25) is 0 Å². The van der Waals surface area contributed by atoms with Crippen LogP contribution in [0.25, 0.3) is 0 Å². The van der Waals surface area contributed by atoms with Crippen LogP contribution in [0.4, 0.5) is 4.79 Å². The minimum atomic E-state index is -0.129. The third-order valence-corrected chi connectivity index (χ3v) is 4.62. The van der Waals surface area contributed by atoms with Crippen LogP contribution in [0.5, 0.6) is 0 Å². The number of aryl methyl sites for hydroxylation is 1. The number of nitrogens with one attached hydrogen (secondary N) is 2. The molecule has 6 heteroatoms. The fraction of sp³-hybridized carbons (Fsp3) is 0.333. The highest BCUT2D eigenvalue weighted by Gasteiger charge is 2.39. The molecule has 2 atom stereocenters. The summed E-state index contributed by atoms with van der Waals surface area (Å²) in [6.45, 7) is 2.47. The van der Waals surface area contributed by atoms with E-state index in [2.05, 4.69) is 21.7 Å². The molecule has 110 valence electrons. The molecule has 1 saturated carbocycles. The second kappa shape index (κ2) is 6.03. The first kappa shape index (κ1) is 14.4. The molecule has 0 saturated heterocycles. The molecule has 0 spiro atoms. The summed E-state index contributed by atoms with van der Waals surface area (Å²) in [5.41, 5.74) is 1.19. The Hall–Kier alpha value is -1.59. The molecule has 2 amide bonds. The molecule has 1 aromatic carbocycles. The fourth-order valence-corrected chi connectivity index (χ4v) is 3.27. The molecule has 21 heavy (non-hydrogen) atoms. The van der Waals surface area contributed by atoms with Crippen molar-refractivity contribution in [3.05, 3.63) is 50.9 Å². The zero-order chi connectivity index (χ0) is 14.8. The molecule has 1 aromatic heterocycles. The number of halogens is 1. The lowest BCUT2D eigenvalue weighted by atomic mass is 10.1. The summed E-state index contributed by atoms with van der Waals surface area (Å²) in [6, 6.07) is 7.89.